The molecule has 2 atom stereocenters. The Morgan fingerprint density at radius 1 is 1.00 bits per heavy atom. The van der Waals surface area contributed by atoms with E-state index in [-0.39, 0.29) is 25.0 Å². The van der Waals surface area contributed by atoms with E-state index >= 15 is 0 Å². The number of nitrogens with zero attached hydrogens (tertiary/aromatic N) is 1. The van der Waals surface area contributed by atoms with Gasteiger partial charge >= 0.3 is 12.1 Å². The van der Waals surface area contributed by atoms with Gasteiger partial charge in [-0.05, 0) is 104 Å². The molecule has 1 aliphatic rings. The van der Waals surface area contributed by atoms with E-state index in [2.05, 4.69) is 35.3 Å². The van der Waals surface area contributed by atoms with Crippen LogP contribution >= 0.6 is 0 Å². The highest BCUT2D eigenvalue weighted by Gasteiger charge is 2.42. The normalized spacial score (nSPS) is 16.0. The summed E-state index contributed by atoms with van der Waals surface area (Å²) in [5.74, 6) is -0.528. The molecule has 266 valence electrons. The summed E-state index contributed by atoms with van der Waals surface area (Å²) in [6.07, 6.45) is -2.93. The average molecular weight is 686 g/mol. The first-order valence-corrected chi connectivity index (χ1v) is 17.6. The summed E-state index contributed by atoms with van der Waals surface area (Å²) in [5.41, 5.74) is 13.4. The number of carbonyl (C=O) groups excluding carboxylic acids is 1. The fourth-order valence-corrected chi connectivity index (χ4v) is 7.40. The van der Waals surface area contributed by atoms with Crippen LogP contribution in [0, 0.1) is 25.2 Å². The summed E-state index contributed by atoms with van der Waals surface area (Å²) in [5, 5.41) is 3.33. The maximum absolute atomic E-state index is 14.2. The van der Waals surface area contributed by atoms with Crippen molar-refractivity contribution in [3.05, 3.63) is 129 Å². The maximum Gasteiger partial charge on any atom is 0.416 e. The Balaban J connectivity index is 1.55. The number of esters is 1. The minimum absolute atomic E-state index is 0.157. The van der Waals surface area contributed by atoms with Crippen molar-refractivity contribution in [2.75, 3.05) is 24.1 Å². The molecule has 0 saturated carbocycles. The van der Waals surface area contributed by atoms with Crippen LogP contribution in [0.5, 0.6) is 0 Å². The molecule has 0 aliphatic carbocycles. The highest BCUT2D eigenvalue weighted by Crippen LogP contribution is 2.46. The van der Waals surface area contributed by atoms with E-state index in [0.29, 0.717) is 30.8 Å². The van der Waals surface area contributed by atoms with Crippen molar-refractivity contribution in [3.63, 3.8) is 0 Å². The number of benzene rings is 4. The average Bonchev–Trinajstić information content (AvgIpc) is 3.26. The summed E-state index contributed by atoms with van der Waals surface area (Å²) in [6.45, 7) is 14.2. The third-order valence-electron chi connectivity index (χ3n) is 10.4. The topological polar surface area (TPSA) is 67.6 Å². The zero-order chi connectivity index (χ0) is 36.2. The second-order valence-corrected chi connectivity index (χ2v) is 14.3. The number of anilines is 2. The predicted molar refractivity (Wildman–Crippen MR) is 196 cm³/mol. The molecule has 5 nitrogen and oxygen atoms in total. The minimum atomic E-state index is -4.42. The third kappa shape index (κ3) is 8.02. The number of fused-ring (bicyclic) bond motifs is 1. The van der Waals surface area contributed by atoms with Crippen molar-refractivity contribution in [2.45, 2.75) is 86.2 Å². The van der Waals surface area contributed by atoms with Crippen molar-refractivity contribution in [1.82, 2.24) is 4.90 Å². The molecule has 0 amide bonds. The second kappa shape index (κ2) is 15.3. The number of hydrogen-bond acceptors (Lipinski definition) is 5. The fourth-order valence-electron chi connectivity index (χ4n) is 7.40. The number of alkyl halides is 3. The summed E-state index contributed by atoms with van der Waals surface area (Å²) < 4.78 is 48.5. The summed E-state index contributed by atoms with van der Waals surface area (Å²) >= 11 is 0. The van der Waals surface area contributed by atoms with Crippen LogP contribution in [0.25, 0.3) is 0 Å². The van der Waals surface area contributed by atoms with Gasteiger partial charge in [-0.3, -0.25) is 9.69 Å². The molecule has 1 aliphatic heterocycles. The van der Waals surface area contributed by atoms with Crippen LogP contribution in [0.3, 0.4) is 0 Å². The van der Waals surface area contributed by atoms with Crippen molar-refractivity contribution in [1.29, 1.82) is 0 Å². The molecule has 1 unspecified atom stereocenters. The lowest BCUT2D eigenvalue weighted by Crippen LogP contribution is -2.34. The van der Waals surface area contributed by atoms with Gasteiger partial charge in [0.05, 0.1) is 22.4 Å². The van der Waals surface area contributed by atoms with E-state index in [1.807, 2.05) is 83.1 Å². The van der Waals surface area contributed by atoms with E-state index in [4.69, 9.17) is 10.5 Å². The smallest absolute Gasteiger partial charge is 0.416 e. The molecule has 0 fully saturated rings. The van der Waals surface area contributed by atoms with Crippen molar-refractivity contribution < 1.29 is 22.7 Å². The van der Waals surface area contributed by atoms with Crippen LogP contribution < -0.4 is 11.1 Å². The number of rotatable bonds is 11. The van der Waals surface area contributed by atoms with Gasteiger partial charge in [-0.25, -0.2) is 0 Å². The van der Waals surface area contributed by atoms with Crippen LogP contribution in [0.2, 0.25) is 0 Å². The van der Waals surface area contributed by atoms with Crippen LogP contribution in [0.4, 0.5) is 24.5 Å². The lowest BCUT2D eigenvalue weighted by molar-refractivity contribution is -0.156. The number of nitrogens with one attached hydrogen (secondary N) is 1. The highest BCUT2D eigenvalue weighted by molar-refractivity contribution is 5.80. The molecule has 0 radical (unpaired) electrons. The van der Waals surface area contributed by atoms with Gasteiger partial charge in [-0.2, -0.15) is 13.2 Å². The maximum atomic E-state index is 14.2. The van der Waals surface area contributed by atoms with Gasteiger partial charge in [-0.15, -0.1) is 0 Å². The second-order valence-electron chi connectivity index (χ2n) is 14.3. The Morgan fingerprint density at radius 3 is 2.42 bits per heavy atom. The Bertz CT molecular complexity index is 1800. The quantitative estimate of drug-likeness (QED) is 0.122. The van der Waals surface area contributed by atoms with Crippen LogP contribution in [-0.4, -0.2) is 24.0 Å². The van der Waals surface area contributed by atoms with Gasteiger partial charge in [0.25, 0.3) is 0 Å². The number of halogens is 3. The van der Waals surface area contributed by atoms with Crippen molar-refractivity contribution >= 4 is 17.3 Å². The Labute approximate surface area is 295 Å². The first-order chi connectivity index (χ1) is 23.7. The van der Waals surface area contributed by atoms with Gasteiger partial charge in [0, 0.05) is 32.1 Å². The first-order valence-electron chi connectivity index (χ1n) is 17.6. The predicted octanol–water partition coefficient (Wildman–Crippen LogP) is 9.82. The molecule has 0 spiro atoms. The lowest BCUT2D eigenvalue weighted by Gasteiger charge is -2.35. The van der Waals surface area contributed by atoms with Gasteiger partial charge in [-0.1, -0.05) is 80.1 Å². The summed E-state index contributed by atoms with van der Waals surface area (Å²) in [6, 6.07) is 24.4. The number of hydrogen-bond donors (Lipinski definition) is 2. The SMILES string of the molecule is CCNc1ccc(C(c2ccc(C)c(CN3Cc4c(cccc4C(F)(F)F)C[C@H](CC)C3)c2)C(C)(C)C(=O)OCc2ccccc2)c(C)c1N. The molecule has 3 N–H and O–H groups in total. The first kappa shape index (κ1) is 37.0. The number of nitrogens with two attached hydrogens (primary N) is 1. The molecule has 0 aromatic heterocycles. The molecule has 0 saturated heterocycles. The molecule has 4 aromatic carbocycles. The van der Waals surface area contributed by atoms with E-state index in [1.165, 1.54) is 12.1 Å². The molecule has 4 aromatic rings. The van der Waals surface area contributed by atoms with Gasteiger partial charge in [0.1, 0.15) is 6.61 Å². The number of nitrogen functional groups attached to an aromatic ring is 1. The summed E-state index contributed by atoms with van der Waals surface area (Å²) in [4.78, 5) is 16.2. The van der Waals surface area contributed by atoms with Crippen LogP contribution in [0.15, 0.2) is 78.9 Å². The number of carbonyl (C=O) groups is 1. The molecule has 8 heteroatoms. The van der Waals surface area contributed by atoms with Crippen LogP contribution in [0.1, 0.15) is 90.1 Å². The number of ether oxygens (including phenoxy) is 1. The standard InChI is InChI=1S/C42H50F3N3O2/c1-7-29-21-31-15-12-16-36(42(43,44)45)35(31)25-48(23-29)24-33-22-32(18-17-27(33)3)38(34-19-20-37(47-8-2)39(46)28(34)4)41(5,6)40(49)50-26-30-13-10-9-11-14-30/h9-20,22,29,38,47H,7-8,21,23-26,46H2,1-6H3/t29-,38?/m0/s1. The van der Waals surface area contributed by atoms with Gasteiger partial charge in [0.2, 0.25) is 0 Å². The molecular formula is C42H50F3N3O2. The molecule has 50 heavy (non-hydrogen) atoms. The van der Waals surface area contributed by atoms with E-state index in [0.717, 1.165) is 57.6 Å². The van der Waals surface area contributed by atoms with Crippen LogP contribution in [-0.2, 0) is 41.8 Å². The molecule has 5 rings (SSSR count). The van der Waals surface area contributed by atoms with Crippen molar-refractivity contribution in [3.8, 4) is 0 Å². The lowest BCUT2D eigenvalue weighted by atomic mass is 9.69. The van der Waals surface area contributed by atoms with Gasteiger partial charge in [0.15, 0.2) is 0 Å². The van der Waals surface area contributed by atoms with E-state index < -0.39 is 23.1 Å². The third-order valence-corrected chi connectivity index (χ3v) is 10.4. The van der Waals surface area contributed by atoms with E-state index in [1.54, 1.807) is 0 Å². The zero-order valence-electron chi connectivity index (χ0n) is 30.1. The Hall–Kier alpha value is -4.30. The van der Waals surface area contributed by atoms with E-state index in [9.17, 15) is 18.0 Å². The number of aryl methyl sites for hydroxylation is 1. The monoisotopic (exact) mass is 685 g/mol. The Kier molecular flexibility index (Phi) is 11.3. The fraction of sp³-hybridized carbons (Fsp3) is 0.405. The summed E-state index contributed by atoms with van der Waals surface area (Å²) in [7, 11) is 0. The Morgan fingerprint density at radius 2 is 1.74 bits per heavy atom. The highest BCUT2D eigenvalue weighted by atomic mass is 19.4. The molecule has 0 bridgehead atoms. The largest absolute Gasteiger partial charge is 0.460 e. The minimum Gasteiger partial charge on any atom is -0.460 e. The molecular weight excluding hydrogens is 635 g/mol. The zero-order valence-corrected chi connectivity index (χ0v) is 30.1. The molecule has 1 heterocycles. The van der Waals surface area contributed by atoms with Crippen molar-refractivity contribution in [2.24, 2.45) is 11.3 Å². The van der Waals surface area contributed by atoms with Gasteiger partial charge < -0.3 is 15.8 Å².